The summed E-state index contributed by atoms with van der Waals surface area (Å²) in [5, 5.41) is 13.5. The van der Waals surface area contributed by atoms with Crippen LogP contribution >= 0.6 is 0 Å². The molecular formula is C17H31N3O2Si. The molecule has 1 atom stereocenters. The number of pyridine rings is 1. The molecule has 0 bridgehead atoms. The highest BCUT2D eigenvalue weighted by Crippen LogP contribution is 2.38. The number of hydrogen-bond donors (Lipinski definition) is 2. The third kappa shape index (κ3) is 5.27. The van der Waals surface area contributed by atoms with Gasteiger partial charge < -0.3 is 14.8 Å². The van der Waals surface area contributed by atoms with E-state index in [1.807, 2.05) is 18.2 Å². The highest BCUT2D eigenvalue weighted by molar-refractivity contribution is 6.74. The van der Waals surface area contributed by atoms with E-state index in [9.17, 15) is 5.11 Å². The Labute approximate surface area is 141 Å². The number of nitrogens with one attached hydrogen (secondary N) is 1. The summed E-state index contributed by atoms with van der Waals surface area (Å²) in [7, 11) is -1.68. The van der Waals surface area contributed by atoms with Crippen LogP contribution in [0.4, 0.5) is 5.82 Å². The van der Waals surface area contributed by atoms with Crippen LogP contribution in [0.2, 0.25) is 18.1 Å². The third-order valence-corrected chi connectivity index (χ3v) is 9.38. The van der Waals surface area contributed by atoms with Gasteiger partial charge in [0.15, 0.2) is 8.32 Å². The van der Waals surface area contributed by atoms with Crippen molar-refractivity contribution < 1.29 is 9.53 Å². The van der Waals surface area contributed by atoms with E-state index in [0.29, 0.717) is 19.2 Å². The number of likely N-dealkylation sites (tertiary alicyclic amines) is 1. The summed E-state index contributed by atoms with van der Waals surface area (Å²) in [5.41, 5.74) is 0. The first kappa shape index (κ1) is 18.4. The van der Waals surface area contributed by atoms with Crippen LogP contribution in [0.5, 0.6) is 0 Å². The molecule has 5 nitrogen and oxygen atoms in total. The van der Waals surface area contributed by atoms with Gasteiger partial charge in [0, 0.05) is 32.4 Å². The van der Waals surface area contributed by atoms with Crippen LogP contribution in [0.1, 0.15) is 20.8 Å². The van der Waals surface area contributed by atoms with E-state index in [2.05, 4.69) is 49.1 Å². The van der Waals surface area contributed by atoms with Gasteiger partial charge in [0.2, 0.25) is 0 Å². The van der Waals surface area contributed by atoms with E-state index in [1.54, 1.807) is 6.20 Å². The first-order valence-electron chi connectivity index (χ1n) is 8.40. The molecule has 1 unspecified atom stereocenters. The molecule has 2 heterocycles. The molecule has 1 aromatic rings. The number of aromatic nitrogens is 1. The second-order valence-electron chi connectivity index (χ2n) is 7.97. The summed E-state index contributed by atoms with van der Waals surface area (Å²) in [6.45, 7) is 14.4. The molecule has 23 heavy (non-hydrogen) atoms. The van der Waals surface area contributed by atoms with E-state index in [0.717, 1.165) is 18.9 Å². The van der Waals surface area contributed by atoms with Crippen LogP contribution in [0.15, 0.2) is 24.4 Å². The zero-order valence-electron chi connectivity index (χ0n) is 15.0. The fourth-order valence-electron chi connectivity index (χ4n) is 2.39. The minimum Gasteiger partial charge on any atom is -0.411 e. The molecule has 0 amide bonds. The lowest BCUT2D eigenvalue weighted by Crippen LogP contribution is -2.59. The highest BCUT2D eigenvalue weighted by atomic mass is 28.4. The number of anilines is 1. The van der Waals surface area contributed by atoms with E-state index in [-0.39, 0.29) is 5.04 Å². The average Bonchev–Trinajstić information content (AvgIpc) is 2.42. The molecule has 1 aromatic heterocycles. The Morgan fingerprint density at radius 2 is 2.09 bits per heavy atom. The quantitative estimate of drug-likeness (QED) is 0.749. The molecule has 0 saturated carbocycles. The SMILES string of the molecule is CC(C)(C)[Si](C)(C)OC1CN(CC(O)CNc2ccccn2)C1. The monoisotopic (exact) mass is 337 g/mol. The summed E-state index contributed by atoms with van der Waals surface area (Å²) in [6, 6.07) is 5.71. The van der Waals surface area contributed by atoms with Crippen molar-refractivity contribution in [2.24, 2.45) is 0 Å². The Kier molecular flexibility index (Phi) is 5.83. The predicted octanol–water partition coefficient (Wildman–Crippen LogP) is 2.56. The molecule has 130 valence electrons. The summed E-state index contributed by atoms with van der Waals surface area (Å²) < 4.78 is 6.37. The molecule has 0 aromatic carbocycles. The molecule has 0 aliphatic carbocycles. The van der Waals surface area contributed by atoms with Crippen LogP contribution in [-0.2, 0) is 4.43 Å². The van der Waals surface area contributed by atoms with Crippen molar-refractivity contribution in [1.82, 2.24) is 9.88 Å². The lowest BCUT2D eigenvalue weighted by atomic mass is 10.1. The molecule has 1 saturated heterocycles. The van der Waals surface area contributed by atoms with Crippen LogP contribution in [0.3, 0.4) is 0 Å². The van der Waals surface area contributed by atoms with Gasteiger partial charge in [0.25, 0.3) is 0 Å². The summed E-state index contributed by atoms with van der Waals surface area (Å²) in [5.74, 6) is 0.800. The minimum absolute atomic E-state index is 0.250. The third-order valence-electron chi connectivity index (χ3n) is 4.84. The van der Waals surface area contributed by atoms with Gasteiger partial charge in [-0.3, -0.25) is 4.90 Å². The molecule has 0 spiro atoms. The number of rotatable bonds is 7. The number of β-amino-alcohol motifs (C(OH)–C–C–N with tert-alkyl or cyclic N) is 1. The van der Waals surface area contributed by atoms with E-state index in [4.69, 9.17) is 4.43 Å². The van der Waals surface area contributed by atoms with Gasteiger partial charge in [-0.15, -0.1) is 0 Å². The van der Waals surface area contributed by atoms with Crippen molar-refractivity contribution >= 4 is 14.1 Å². The number of aliphatic hydroxyl groups is 1. The predicted molar refractivity (Wildman–Crippen MR) is 97.2 cm³/mol. The van der Waals surface area contributed by atoms with Gasteiger partial charge in [-0.05, 0) is 30.3 Å². The Bertz CT molecular complexity index is 484. The van der Waals surface area contributed by atoms with Crippen molar-refractivity contribution in [2.45, 2.75) is 51.1 Å². The molecule has 6 heteroatoms. The topological polar surface area (TPSA) is 57.6 Å². The van der Waals surface area contributed by atoms with Crippen molar-refractivity contribution in [3.05, 3.63) is 24.4 Å². The van der Waals surface area contributed by atoms with Crippen LogP contribution in [0, 0.1) is 0 Å². The molecular weight excluding hydrogens is 306 g/mol. The molecule has 1 aliphatic heterocycles. The Hall–Kier alpha value is -0.953. The Morgan fingerprint density at radius 3 is 2.65 bits per heavy atom. The van der Waals surface area contributed by atoms with Gasteiger partial charge in [0.05, 0.1) is 12.2 Å². The largest absolute Gasteiger partial charge is 0.411 e. The van der Waals surface area contributed by atoms with E-state index >= 15 is 0 Å². The standard InChI is InChI=1S/C17H31N3O2Si/c1-17(2,3)23(4,5)22-15-12-20(13-15)11-14(21)10-19-16-8-6-7-9-18-16/h6-9,14-15,21H,10-13H2,1-5H3,(H,18,19). The van der Waals surface area contributed by atoms with Crippen LogP contribution in [0.25, 0.3) is 0 Å². The van der Waals surface area contributed by atoms with Crippen molar-refractivity contribution in [1.29, 1.82) is 0 Å². The average molecular weight is 338 g/mol. The van der Waals surface area contributed by atoms with Crippen molar-refractivity contribution in [3.8, 4) is 0 Å². The molecule has 0 radical (unpaired) electrons. The molecule has 2 rings (SSSR count). The smallest absolute Gasteiger partial charge is 0.192 e. The van der Waals surface area contributed by atoms with Gasteiger partial charge >= 0.3 is 0 Å². The van der Waals surface area contributed by atoms with Crippen LogP contribution < -0.4 is 5.32 Å². The second kappa shape index (κ2) is 7.30. The zero-order valence-corrected chi connectivity index (χ0v) is 16.0. The number of aliphatic hydroxyl groups excluding tert-OH is 1. The fraction of sp³-hybridized carbons (Fsp3) is 0.706. The van der Waals surface area contributed by atoms with Gasteiger partial charge in [-0.1, -0.05) is 26.8 Å². The van der Waals surface area contributed by atoms with E-state index in [1.165, 1.54) is 0 Å². The minimum atomic E-state index is -1.68. The number of hydrogen-bond acceptors (Lipinski definition) is 5. The molecule has 2 N–H and O–H groups in total. The molecule has 1 aliphatic rings. The summed E-state index contributed by atoms with van der Waals surface area (Å²) >= 11 is 0. The highest BCUT2D eigenvalue weighted by Gasteiger charge is 2.42. The van der Waals surface area contributed by atoms with Crippen LogP contribution in [-0.4, -0.2) is 61.7 Å². The maximum absolute atomic E-state index is 10.1. The Morgan fingerprint density at radius 1 is 1.39 bits per heavy atom. The van der Waals surface area contributed by atoms with E-state index < -0.39 is 14.4 Å². The van der Waals surface area contributed by atoms with Gasteiger partial charge in [-0.2, -0.15) is 0 Å². The normalized spacial score (nSPS) is 18.5. The van der Waals surface area contributed by atoms with Gasteiger partial charge in [0.1, 0.15) is 5.82 Å². The van der Waals surface area contributed by atoms with Crippen molar-refractivity contribution in [2.75, 3.05) is 31.5 Å². The second-order valence-corrected chi connectivity index (χ2v) is 12.7. The van der Waals surface area contributed by atoms with Crippen molar-refractivity contribution in [3.63, 3.8) is 0 Å². The summed E-state index contributed by atoms with van der Waals surface area (Å²) in [6.07, 6.45) is 1.67. The first-order chi connectivity index (χ1) is 10.7. The molecule has 1 fully saturated rings. The summed E-state index contributed by atoms with van der Waals surface area (Å²) in [4.78, 5) is 6.44. The Balaban J connectivity index is 1.66. The zero-order chi connectivity index (χ0) is 17.1. The maximum atomic E-state index is 10.1. The lowest BCUT2D eigenvalue weighted by Gasteiger charge is -2.46. The maximum Gasteiger partial charge on any atom is 0.192 e. The lowest BCUT2D eigenvalue weighted by molar-refractivity contribution is -0.0123. The fourth-order valence-corrected chi connectivity index (χ4v) is 3.73. The number of nitrogens with zero attached hydrogens (tertiary/aromatic N) is 2. The first-order valence-corrected chi connectivity index (χ1v) is 11.3. The van der Waals surface area contributed by atoms with Gasteiger partial charge in [-0.25, -0.2) is 4.98 Å².